The van der Waals surface area contributed by atoms with Crippen LogP contribution in [-0.2, 0) is 10.3 Å². The Kier molecular flexibility index (Phi) is 3.47. The Bertz CT molecular complexity index is 392. The molecule has 5 heteroatoms. The summed E-state index contributed by atoms with van der Waals surface area (Å²) >= 11 is 0. The number of aromatic amines is 1. The van der Waals surface area contributed by atoms with Crippen LogP contribution >= 0.6 is 0 Å². The fraction of sp³-hybridized carbons (Fsp3) is 0.667. The molecule has 0 amide bonds. The van der Waals surface area contributed by atoms with E-state index in [1.807, 2.05) is 0 Å². The molecule has 1 heterocycles. The normalized spacial score (nSPS) is 19.8. The van der Waals surface area contributed by atoms with E-state index >= 15 is 0 Å². The molecule has 2 rings (SSSR count). The van der Waals surface area contributed by atoms with Gasteiger partial charge in [0.25, 0.3) is 0 Å². The Morgan fingerprint density at radius 2 is 2.06 bits per heavy atom. The lowest BCUT2D eigenvalue weighted by atomic mass is 9.93. The number of imidazole rings is 1. The van der Waals surface area contributed by atoms with Gasteiger partial charge in [0.05, 0.1) is 6.20 Å². The van der Waals surface area contributed by atoms with Crippen molar-refractivity contribution in [1.29, 1.82) is 0 Å². The summed E-state index contributed by atoms with van der Waals surface area (Å²) in [5, 5.41) is 8.90. The van der Waals surface area contributed by atoms with Crippen LogP contribution in [0.5, 0.6) is 0 Å². The molecule has 1 aliphatic carbocycles. The fourth-order valence-corrected chi connectivity index (χ4v) is 2.50. The summed E-state index contributed by atoms with van der Waals surface area (Å²) in [6.45, 7) is 0. The molecule has 1 aliphatic rings. The zero-order chi connectivity index (χ0) is 12.3. The van der Waals surface area contributed by atoms with Crippen molar-refractivity contribution in [2.24, 2.45) is 0 Å². The summed E-state index contributed by atoms with van der Waals surface area (Å²) in [6, 6.07) is 0. The second kappa shape index (κ2) is 4.87. The first-order valence-corrected chi connectivity index (χ1v) is 6.02. The van der Waals surface area contributed by atoms with E-state index in [1.54, 1.807) is 7.11 Å². The van der Waals surface area contributed by atoms with E-state index in [0.717, 1.165) is 25.7 Å². The average Bonchev–Trinajstić information content (AvgIpc) is 2.70. The van der Waals surface area contributed by atoms with Crippen LogP contribution < -0.4 is 0 Å². The minimum absolute atomic E-state index is 0.126. The van der Waals surface area contributed by atoms with Gasteiger partial charge in [-0.1, -0.05) is 25.7 Å². The molecule has 1 aromatic rings. The summed E-state index contributed by atoms with van der Waals surface area (Å²) in [5.74, 6) is -0.331. The molecule has 0 aromatic carbocycles. The first-order chi connectivity index (χ1) is 8.18. The van der Waals surface area contributed by atoms with Gasteiger partial charge in [-0.05, 0) is 12.8 Å². The van der Waals surface area contributed by atoms with E-state index in [0.29, 0.717) is 5.82 Å². The highest BCUT2D eigenvalue weighted by Crippen LogP contribution is 2.37. The molecule has 94 valence electrons. The Hall–Kier alpha value is -1.36. The number of nitrogens with one attached hydrogen (secondary N) is 1. The van der Waals surface area contributed by atoms with E-state index in [1.165, 1.54) is 19.0 Å². The molecular formula is C12H18N2O3. The first-order valence-electron chi connectivity index (χ1n) is 6.02. The number of carbonyl (C=O) groups is 1. The number of carboxylic acid groups (broad SMARTS) is 1. The lowest BCUT2D eigenvalue weighted by Crippen LogP contribution is -2.29. The maximum Gasteiger partial charge on any atom is 0.353 e. The molecule has 2 N–H and O–H groups in total. The van der Waals surface area contributed by atoms with Gasteiger partial charge in [0.15, 0.2) is 0 Å². The molecule has 0 spiro atoms. The Morgan fingerprint density at radius 3 is 2.53 bits per heavy atom. The quantitative estimate of drug-likeness (QED) is 0.792. The number of carboxylic acids is 1. The number of aromatic nitrogens is 2. The van der Waals surface area contributed by atoms with Crippen molar-refractivity contribution >= 4 is 5.97 Å². The number of aromatic carboxylic acids is 1. The van der Waals surface area contributed by atoms with E-state index < -0.39 is 11.6 Å². The zero-order valence-corrected chi connectivity index (χ0v) is 10.0. The van der Waals surface area contributed by atoms with Gasteiger partial charge in [-0.15, -0.1) is 0 Å². The summed E-state index contributed by atoms with van der Waals surface area (Å²) < 4.78 is 5.65. The van der Waals surface area contributed by atoms with Gasteiger partial charge in [0.1, 0.15) is 17.1 Å². The molecule has 0 unspecified atom stereocenters. The number of rotatable bonds is 3. The summed E-state index contributed by atoms with van der Waals surface area (Å²) in [7, 11) is 1.67. The third-order valence-corrected chi connectivity index (χ3v) is 3.54. The molecule has 1 fully saturated rings. The maximum atomic E-state index is 10.8. The molecule has 1 aromatic heterocycles. The molecular weight excluding hydrogens is 220 g/mol. The molecule has 1 saturated carbocycles. The monoisotopic (exact) mass is 238 g/mol. The molecule has 5 nitrogen and oxygen atoms in total. The Morgan fingerprint density at radius 1 is 1.41 bits per heavy atom. The van der Waals surface area contributed by atoms with E-state index in [2.05, 4.69) is 9.97 Å². The van der Waals surface area contributed by atoms with Gasteiger partial charge in [-0.2, -0.15) is 0 Å². The van der Waals surface area contributed by atoms with Crippen LogP contribution in [0.4, 0.5) is 0 Å². The summed E-state index contributed by atoms with van der Waals surface area (Å²) in [6.07, 6.45) is 7.76. The first kappa shape index (κ1) is 12.1. The summed E-state index contributed by atoms with van der Waals surface area (Å²) in [5.41, 5.74) is -0.301. The van der Waals surface area contributed by atoms with Gasteiger partial charge in [-0.25, -0.2) is 9.78 Å². The van der Waals surface area contributed by atoms with Gasteiger partial charge >= 0.3 is 5.97 Å². The topological polar surface area (TPSA) is 75.2 Å². The number of ether oxygens (including phenoxy) is 1. The van der Waals surface area contributed by atoms with Crippen LogP contribution in [0.25, 0.3) is 0 Å². The average molecular weight is 238 g/mol. The molecule has 17 heavy (non-hydrogen) atoms. The highest BCUT2D eigenvalue weighted by Gasteiger charge is 2.35. The highest BCUT2D eigenvalue weighted by molar-refractivity contribution is 5.85. The summed E-state index contributed by atoms with van der Waals surface area (Å²) in [4.78, 5) is 17.9. The predicted molar refractivity (Wildman–Crippen MR) is 61.9 cm³/mol. The van der Waals surface area contributed by atoms with Crippen molar-refractivity contribution in [1.82, 2.24) is 9.97 Å². The fourth-order valence-electron chi connectivity index (χ4n) is 2.50. The van der Waals surface area contributed by atoms with Crippen LogP contribution in [0.3, 0.4) is 0 Å². The number of nitrogens with zero attached hydrogens (tertiary/aromatic N) is 1. The lowest BCUT2D eigenvalue weighted by molar-refractivity contribution is -0.0345. The van der Waals surface area contributed by atoms with Crippen LogP contribution in [0.1, 0.15) is 54.8 Å². The minimum atomic E-state index is -0.983. The smallest absolute Gasteiger partial charge is 0.353 e. The number of hydrogen-bond acceptors (Lipinski definition) is 3. The maximum absolute atomic E-state index is 10.8. The molecule has 0 aliphatic heterocycles. The number of H-pyrrole nitrogens is 1. The number of hydrogen-bond donors (Lipinski definition) is 2. The largest absolute Gasteiger partial charge is 0.477 e. The van der Waals surface area contributed by atoms with E-state index in [-0.39, 0.29) is 5.69 Å². The van der Waals surface area contributed by atoms with E-state index in [9.17, 15) is 4.79 Å². The second-order valence-electron chi connectivity index (χ2n) is 4.56. The SMILES string of the molecule is COC1(c2ncc(C(=O)O)[nH]2)CCCCCC1. The van der Waals surface area contributed by atoms with Gasteiger partial charge in [0, 0.05) is 7.11 Å². The van der Waals surface area contributed by atoms with Crippen LogP contribution in [0.15, 0.2) is 6.20 Å². The van der Waals surface area contributed by atoms with Crippen LogP contribution in [0, 0.1) is 0 Å². The van der Waals surface area contributed by atoms with Crippen LogP contribution in [-0.4, -0.2) is 28.2 Å². The lowest BCUT2D eigenvalue weighted by Gasteiger charge is -2.29. The molecule has 0 radical (unpaired) electrons. The molecule has 0 saturated heterocycles. The highest BCUT2D eigenvalue weighted by atomic mass is 16.5. The van der Waals surface area contributed by atoms with Crippen LogP contribution in [0.2, 0.25) is 0 Å². The van der Waals surface area contributed by atoms with Gasteiger partial charge < -0.3 is 14.8 Å². The van der Waals surface area contributed by atoms with Crippen molar-refractivity contribution in [3.8, 4) is 0 Å². The van der Waals surface area contributed by atoms with Crippen molar-refractivity contribution in [3.05, 3.63) is 17.7 Å². The predicted octanol–water partition coefficient (Wildman–Crippen LogP) is 2.30. The Balaban J connectivity index is 2.28. The third-order valence-electron chi connectivity index (χ3n) is 3.54. The number of methoxy groups -OCH3 is 1. The van der Waals surface area contributed by atoms with Crippen molar-refractivity contribution in [2.45, 2.75) is 44.1 Å². The van der Waals surface area contributed by atoms with E-state index in [4.69, 9.17) is 9.84 Å². The molecule has 0 atom stereocenters. The Labute approximate surface area is 100 Å². The standard InChI is InChI=1S/C12H18N2O3/c1-17-12(6-4-2-3-5-7-12)11-13-8-9(14-11)10(15)16/h8H,2-7H2,1H3,(H,13,14)(H,15,16). The van der Waals surface area contributed by atoms with Crippen molar-refractivity contribution in [2.75, 3.05) is 7.11 Å². The van der Waals surface area contributed by atoms with Crippen molar-refractivity contribution in [3.63, 3.8) is 0 Å². The minimum Gasteiger partial charge on any atom is -0.477 e. The van der Waals surface area contributed by atoms with Gasteiger partial charge in [0.2, 0.25) is 0 Å². The van der Waals surface area contributed by atoms with Crippen molar-refractivity contribution < 1.29 is 14.6 Å². The zero-order valence-electron chi connectivity index (χ0n) is 10.0. The second-order valence-corrected chi connectivity index (χ2v) is 4.56. The van der Waals surface area contributed by atoms with Gasteiger partial charge in [-0.3, -0.25) is 0 Å². The molecule has 0 bridgehead atoms. The third kappa shape index (κ3) is 2.34.